The fourth-order valence-electron chi connectivity index (χ4n) is 3.65. The highest BCUT2D eigenvalue weighted by Gasteiger charge is 2.14. The average molecular weight is 432 g/mol. The Morgan fingerprint density at radius 2 is 1.72 bits per heavy atom. The summed E-state index contributed by atoms with van der Waals surface area (Å²) in [6, 6.07) is 14.8. The summed E-state index contributed by atoms with van der Waals surface area (Å²) in [5, 5.41) is 17.0. The highest BCUT2D eigenvalue weighted by molar-refractivity contribution is 6.04. The van der Waals surface area contributed by atoms with Crippen molar-refractivity contribution >= 4 is 34.6 Å². The summed E-state index contributed by atoms with van der Waals surface area (Å²) in [4.78, 5) is 34.2. The summed E-state index contributed by atoms with van der Waals surface area (Å²) < 4.78 is 0. The molecule has 0 aliphatic carbocycles. The Morgan fingerprint density at radius 3 is 2.44 bits per heavy atom. The van der Waals surface area contributed by atoms with E-state index in [1.165, 1.54) is 43.5 Å². The predicted molar refractivity (Wildman–Crippen MR) is 124 cm³/mol. The van der Waals surface area contributed by atoms with Gasteiger partial charge in [-0.2, -0.15) is 0 Å². The second kappa shape index (κ2) is 9.42. The van der Waals surface area contributed by atoms with Crippen molar-refractivity contribution < 1.29 is 9.72 Å². The number of benzene rings is 2. The lowest BCUT2D eigenvalue weighted by molar-refractivity contribution is -0.384. The zero-order chi connectivity index (χ0) is 22.5. The van der Waals surface area contributed by atoms with Crippen molar-refractivity contribution in [3.63, 3.8) is 0 Å². The number of carbonyl (C=O) groups is 1. The number of carbonyl (C=O) groups excluding carboxylic acids is 1. The van der Waals surface area contributed by atoms with Crippen LogP contribution in [0.3, 0.4) is 0 Å². The monoisotopic (exact) mass is 432 g/mol. The standard InChI is InChI=1S/C23H24N6O3/c1-16-24-21(15-22(25-16)28-12-3-2-4-13-28)26-18-8-10-19(11-9-18)27-23(30)17-6-5-7-20(14-17)29(31)32/h5-11,14-15H,2-4,12-13H2,1H3,(H,27,30)(H,24,25,26). The Bertz CT molecular complexity index is 1130. The van der Waals surface area contributed by atoms with Gasteiger partial charge in [0, 0.05) is 48.2 Å². The molecule has 1 fully saturated rings. The van der Waals surface area contributed by atoms with E-state index in [9.17, 15) is 14.9 Å². The molecule has 4 rings (SSSR count). The number of nitrogens with zero attached hydrogens (tertiary/aromatic N) is 4. The average Bonchev–Trinajstić information content (AvgIpc) is 2.80. The van der Waals surface area contributed by atoms with Gasteiger partial charge >= 0.3 is 0 Å². The van der Waals surface area contributed by atoms with E-state index < -0.39 is 10.8 Å². The van der Waals surface area contributed by atoms with E-state index in [0.29, 0.717) is 17.3 Å². The first-order valence-corrected chi connectivity index (χ1v) is 10.5. The minimum absolute atomic E-state index is 0.124. The first kappa shape index (κ1) is 21.2. The molecule has 1 aromatic heterocycles. The van der Waals surface area contributed by atoms with Crippen LogP contribution in [0.2, 0.25) is 0 Å². The van der Waals surface area contributed by atoms with Crippen LogP contribution in [0.1, 0.15) is 35.4 Å². The van der Waals surface area contributed by atoms with Crippen molar-refractivity contribution in [1.82, 2.24) is 9.97 Å². The van der Waals surface area contributed by atoms with Gasteiger partial charge < -0.3 is 15.5 Å². The number of nitro groups is 1. The molecule has 0 saturated carbocycles. The van der Waals surface area contributed by atoms with Gasteiger partial charge in [-0.1, -0.05) is 6.07 Å². The third-order valence-corrected chi connectivity index (χ3v) is 5.24. The van der Waals surface area contributed by atoms with E-state index in [-0.39, 0.29) is 11.3 Å². The molecule has 2 N–H and O–H groups in total. The highest BCUT2D eigenvalue weighted by atomic mass is 16.6. The third kappa shape index (κ3) is 5.18. The van der Waals surface area contributed by atoms with Crippen LogP contribution in [0.4, 0.5) is 28.7 Å². The molecule has 0 bridgehead atoms. The lowest BCUT2D eigenvalue weighted by Gasteiger charge is -2.28. The Balaban J connectivity index is 1.43. The largest absolute Gasteiger partial charge is 0.356 e. The highest BCUT2D eigenvalue weighted by Crippen LogP contribution is 2.24. The number of hydrogen-bond donors (Lipinski definition) is 2. The first-order chi connectivity index (χ1) is 15.5. The second-order valence-corrected chi connectivity index (χ2v) is 7.67. The molecule has 3 aromatic rings. The molecule has 0 unspecified atom stereocenters. The maximum absolute atomic E-state index is 12.4. The maximum atomic E-state index is 12.4. The van der Waals surface area contributed by atoms with Crippen molar-refractivity contribution in [2.75, 3.05) is 28.6 Å². The zero-order valence-corrected chi connectivity index (χ0v) is 17.7. The van der Waals surface area contributed by atoms with E-state index in [2.05, 4.69) is 25.5 Å². The molecule has 9 nitrogen and oxygen atoms in total. The number of aromatic nitrogens is 2. The van der Waals surface area contributed by atoms with E-state index in [4.69, 9.17) is 0 Å². The molecule has 1 saturated heterocycles. The normalized spacial score (nSPS) is 13.5. The summed E-state index contributed by atoms with van der Waals surface area (Å²) in [5.41, 5.74) is 1.50. The van der Waals surface area contributed by atoms with Crippen molar-refractivity contribution in [3.8, 4) is 0 Å². The van der Waals surface area contributed by atoms with Gasteiger partial charge in [0.2, 0.25) is 0 Å². The number of amides is 1. The summed E-state index contributed by atoms with van der Waals surface area (Å²) in [7, 11) is 0. The predicted octanol–water partition coefficient (Wildman–Crippen LogP) is 4.68. The number of nitro benzene ring substituents is 1. The summed E-state index contributed by atoms with van der Waals surface area (Å²) in [6.45, 7) is 3.90. The molecule has 1 aliphatic rings. The molecule has 1 amide bonds. The van der Waals surface area contributed by atoms with Crippen LogP contribution in [0.15, 0.2) is 54.6 Å². The molecule has 0 radical (unpaired) electrons. The van der Waals surface area contributed by atoms with Crippen molar-refractivity contribution in [1.29, 1.82) is 0 Å². The Morgan fingerprint density at radius 1 is 1.00 bits per heavy atom. The first-order valence-electron chi connectivity index (χ1n) is 10.5. The molecule has 1 aliphatic heterocycles. The topological polar surface area (TPSA) is 113 Å². The third-order valence-electron chi connectivity index (χ3n) is 5.24. The molecule has 32 heavy (non-hydrogen) atoms. The van der Waals surface area contributed by atoms with Crippen LogP contribution < -0.4 is 15.5 Å². The fourth-order valence-corrected chi connectivity index (χ4v) is 3.65. The van der Waals surface area contributed by atoms with Gasteiger partial charge in [-0.05, 0) is 56.5 Å². The lowest BCUT2D eigenvalue weighted by Crippen LogP contribution is -2.30. The minimum atomic E-state index is -0.525. The molecule has 164 valence electrons. The van der Waals surface area contributed by atoms with Crippen LogP contribution in [0.25, 0.3) is 0 Å². The molecule has 2 heterocycles. The smallest absolute Gasteiger partial charge is 0.270 e. The van der Waals surface area contributed by atoms with Crippen LogP contribution in [0, 0.1) is 17.0 Å². The molecule has 0 atom stereocenters. The zero-order valence-electron chi connectivity index (χ0n) is 17.7. The fraction of sp³-hybridized carbons (Fsp3) is 0.261. The molecule has 2 aromatic carbocycles. The summed E-state index contributed by atoms with van der Waals surface area (Å²) in [6.07, 6.45) is 3.61. The van der Waals surface area contributed by atoms with Gasteiger partial charge in [0.15, 0.2) is 0 Å². The van der Waals surface area contributed by atoms with Crippen LogP contribution >= 0.6 is 0 Å². The number of nitrogens with one attached hydrogen (secondary N) is 2. The van der Waals surface area contributed by atoms with Gasteiger partial charge in [-0.25, -0.2) is 9.97 Å². The minimum Gasteiger partial charge on any atom is -0.356 e. The van der Waals surface area contributed by atoms with E-state index in [1.807, 2.05) is 25.1 Å². The van der Waals surface area contributed by atoms with Gasteiger partial charge in [0.1, 0.15) is 17.5 Å². The van der Waals surface area contributed by atoms with Crippen molar-refractivity contribution in [3.05, 3.63) is 76.1 Å². The van der Waals surface area contributed by atoms with Crippen LogP contribution in [-0.2, 0) is 0 Å². The van der Waals surface area contributed by atoms with E-state index in [1.54, 1.807) is 12.1 Å². The molecular weight excluding hydrogens is 408 g/mol. The Kier molecular flexibility index (Phi) is 6.25. The number of rotatable bonds is 6. The molecule has 0 spiro atoms. The van der Waals surface area contributed by atoms with Crippen LogP contribution in [0.5, 0.6) is 0 Å². The number of non-ortho nitro benzene ring substituents is 1. The number of piperidine rings is 1. The van der Waals surface area contributed by atoms with E-state index >= 15 is 0 Å². The van der Waals surface area contributed by atoms with Gasteiger partial charge in [-0.15, -0.1) is 0 Å². The van der Waals surface area contributed by atoms with Gasteiger partial charge in [0.25, 0.3) is 11.6 Å². The number of anilines is 4. The quantitative estimate of drug-likeness (QED) is 0.429. The Hall–Kier alpha value is -4.01. The SMILES string of the molecule is Cc1nc(Nc2ccc(NC(=O)c3cccc([N+](=O)[O-])c3)cc2)cc(N2CCCCC2)n1. The molecular formula is C23H24N6O3. The van der Waals surface area contributed by atoms with E-state index in [0.717, 1.165) is 24.6 Å². The van der Waals surface area contributed by atoms with Gasteiger partial charge in [0.05, 0.1) is 4.92 Å². The molecule has 9 heteroatoms. The van der Waals surface area contributed by atoms with Crippen LogP contribution in [-0.4, -0.2) is 33.9 Å². The summed E-state index contributed by atoms with van der Waals surface area (Å²) >= 11 is 0. The Labute approximate surface area is 185 Å². The summed E-state index contributed by atoms with van der Waals surface area (Å²) in [5.74, 6) is 1.94. The van der Waals surface area contributed by atoms with Gasteiger partial charge in [-0.3, -0.25) is 14.9 Å². The lowest BCUT2D eigenvalue weighted by atomic mass is 10.1. The second-order valence-electron chi connectivity index (χ2n) is 7.67. The van der Waals surface area contributed by atoms with Crippen molar-refractivity contribution in [2.24, 2.45) is 0 Å². The number of hydrogen-bond acceptors (Lipinski definition) is 7. The number of aryl methyl sites for hydroxylation is 1. The maximum Gasteiger partial charge on any atom is 0.270 e. The van der Waals surface area contributed by atoms with Crippen molar-refractivity contribution in [2.45, 2.75) is 26.2 Å².